The van der Waals surface area contributed by atoms with Crippen LogP contribution in [0.2, 0.25) is 0 Å². The van der Waals surface area contributed by atoms with E-state index in [0.717, 1.165) is 38.5 Å². The van der Waals surface area contributed by atoms with E-state index in [2.05, 4.69) is 13.8 Å². The lowest BCUT2D eigenvalue weighted by Crippen LogP contribution is -2.37. The second-order valence-electron chi connectivity index (χ2n) is 23.2. The van der Waals surface area contributed by atoms with Gasteiger partial charge in [-0.25, -0.2) is 4.57 Å². The number of quaternary nitrogens is 1. The fraction of sp³-hybridized carbons (Fsp3) is 0.968. The number of ether oxygens (including phenoxy) is 2. The number of likely N-dealkylation sites (N-methyl/N-ethyl adjacent to an activating group) is 1. The Morgan fingerprint density at radius 2 is 0.625 bits per heavy atom. The van der Waals surface area contributed by atoms with E-state index in [1.807, 2.05) is 21.1 Å². The molecule has 0 aliphatic rings. The highest BCUT2D eigenvalue weighted by molar-refractivity contribution is 7.47. The predicted octanol–water partition coefficient (Wildman–Crippen LogP) is 19.8. The molecule has 0 aliphatic carbocycles. The zero-order chi connectivity index (χ0) is 52.7. The summed E-state index contributed by atoms with van der Waals surface area (Å²) in [4.78, 5) is 35.5. The molecular weight excluding hydrogens is 918 g/mol. The number of carbonyl (C=O) groups is 2. The van der Waals surface area contributed by atoms with Crippen molar-refractivity contribution in [3.63, 3.8) is 0 Å². The van der Waals surface area contributed by atoms with E-state index in [0.29, 0.717) is 17.4 Å². The van der Waals surface area contributed by atoms with E-state index >= 15 is 0 Å². The summed E-state index contributed by atoms with van der Waals surface area (Å²) in [5.74, 6) is -0.781. The van der Waals surface area contributed by atoms with Crippen LogP contribution in [-0.2, 0) is 32.7 Å². The average Bonchev–Trinajstić information content (AvgIpc) is 3.34. The third kappa shape index (κ3) is 58.3. The standard InChI is InChI=1S/C62H124NO8P/c1-6-8-10-12-14-16-17-18-19-20-21-22-23-24-25-26-27-28-29-30-31-32-33-34-35-36-37-38-39-40-41-42-43-44-45-47-49-51-53-55-62(65)71-60(59-70-72(66,67)69-57-56-63(3,4)5)58-68-61(64)54-52-50-48-46-15-13-11-9-7-2/h60H,6-59H2,1-5H3/p+1. The second-order valence-corrected chi connectivity index (χ2v) is 24.6. The van der Waals surface area contributed by atoms with Crippen LogP contribution in [0.1, 0.15) is 335 Å². The second kappa shape index (κ2) is 54.8. The van der Waals surface area contributed by atoms with Crippen molar-refractivity contribution in [2.75, 3.05) is 47.5 Å². The molecule has 0 heterocycles. The van der Waals surface area contributed by atoms with Crippen LogP contribution in [0.5, 0.6) is 0 Å². The van der Waals surface area contributed by atoms with Crippen molar-refractivity contribution < 1.29 is 42.1 Å². The van der Waals surface area contributed by atoms with Crippen LogP contribution >= 0.6 is 7.82 Å². The topological polar surface area (TPSA) is 108 Å². The molecule has 0 aromatic carbocycles. The quantitative estimate of drug-likeness (QED) is 0.0278. The maximum atomic E-state index is 12.8. The molecule has 0 aromatic rings. The van der Waals surface area contributed by atoms with Crippen LogP contribution in [0.4, 0.5) is 0 Å². The lowest BCUT2D eigenvalue weighted by molar-refractivity contribution is -0.870. The van der Waals surface area contributed by atoms with E-state index in [1.54, 1.807) is 0 Å². The first kappa shape index (κ1) is 71.0. The van der Waals surface area contributed by atoms with Gasteiger partial charge in [0, 0.05) is 12.8 Å². The Hall–Kier alpha value is -0.990. The normalized spacial score (nSPS) is 13.1. The van der Waals surface area contributed by atoms with Crippen LogP contribution in [0.25, 0.3) is 0 Å². The Kier molecular flexibility index (Phi) is 54.0. The summed E-state index contributed by atoms with van der Waals surface area (Å²) < 4.78 is 34.4. The van der Waals surface area contributed by atoms with Gasteiger partial charge in [0.15, 0.2) is 6.10 Å². The molecule has 2 unspecified atom stereocenters. The highest BCUT2D eigenvalue weighted by Gasteiger charge is 2.27. The van der Waals surface area contributed by atoms with E-state index < -0.39 is 26.5 Å². The number of esters is 2. The molecule has 0 fully saturated rings. The van der Waals surface area contributed by atoms with E-state index in [1.165, 1.54) is 270 Å². The number of phosphoric ester groups is 1. The summed E-state index contributed by atoms with van der Waals surface area (Å²) in [7, 11) is 1.50. The van der Waals surface area contributed by atoms with Gasteiger partial charge < -0.3 is 18.9 Å². The number of carbonyl (C=O) groups excluding carboxylic acids is 2. The molecule has 0 spiro atoms. The largest absolute Gasteiger partial charge is 0.472 e. The average molecular weight is 1040 g/mol. The van der Waals surface area contributed by atoms with Gasteiger partial charge in [-0.05, 0) is 12.8 Å². The molecule has 0 amide bonds. The third-order valence-corrected chi connectivity index (χ3v) is 15.6. The molecule has 0 saturated heterocycles. The summed E-state index contributed by atoms with van der Waals surface area (Å²) in [6.07, 6.45) is 63.9. The van der Waals surface area contributed by atoms with Gasteiger partial charge in [0.25, 0.3) is 0 Å². The molecule has 10 heteroatoms. The number of hydrogen-bond acceptors (Lipinski definition) is 7. The number of hydrogen-bond donors (Lipinski definition) is 1. The maximum absolute atomic E-state index is 12.8. The zero-order valence-electron chi connectivity index (χ0n) is 49.0. The van der Waals surface area contributed by atoms with Crippen molar-refractivity contribution in [2.24, 2.45) is 0 Å². The molecule has 72 heavy (non-hydrogen) atoms. The molecule has 9 nitrogen and oxygen atoms in total. The van der Waals surface area contributed by atoms with Crippen molar-refractivity contribution in [3.8, 4) is 0 Å². The summed E-state index contributed by atoms with van der Waals surface area (Å²) in [6.45, 7) is 4.46. The van der Waals surface area contributed by atoms with Gasteiger partial charge in [-0.2, -0.15) is 0 Å². The van der Waals surface area contributed by atoms with Gasteiger partial charge >= 0.3 is 19.8 Å². The minimum absolute atomic E-state index is 0.0370. The van der Waals surface area contributed by atoms with E-state index in [9.17, 15) is 19.0 Å². The Balaban J connectivity index is 3.75. The van der Waals surface area contributed by atoms with Crippen LogP contribution in [0.15, 0.2) is 0 Å². The van der Waals surface area contributed by atoms with E-state index in [4.69, 9.17) is 18.5 Å². The van der Waals surface area contributed by atoms with Crippen LogP contribution in [0, 0.1) is 0 Å². The fourth-order valence-corrected chi connectivity index (χ4v) is 10.5. The summed E-state index contributed by atoms with van der Waals surface area (Å²) >= 11 is 0. The van der Waals surface area contributed by atoms with Gasteiger partial charge in [-0.1, -0.05) is 309 Å². The van der Waals surface area contributed by atoms with Gasteiger partial charge in [0.1, 0.15) is 19.8 Å². The van der Waals surface area contributed by atoms with Crippen molar-refractivity contribution >= 4 is 19.8 Å². The number of unbranched alkanes of at least 4 members (excludes halogenated alkanes) is 46. The maximum Gasteiger partial charge on any atom is 0.472 e. The minimum Gasteiger partial charge on any atom is -0.462 e. The highest BCUT2D eigenvalue weighted by Crippen LogP contribution is 2.43. The fourth-order valence-electron chi connectivity index (χ4n) is 9.73. The van der Waals surface area contributed by atoms with Gasteiger partial charge in [-0.3, -0.25) is 18.6 Å². The molecule has 430 valence electrons. The smallest absolute Gasteiger partial charge is 0.462 e. The summed E-state index contributed by atoms with van der Waals surface area (Å²) in [5.41, 5.74) is 0. The van der Waals surface area contributed by atoms with Crippen LogP contribution in [-0.4, -0.2) is 74.9 Å². The first-order chi connectivity index (χ1) is 35.0. The highest BCUT2D eigenvalue weighted by atomic mass is 31.2. The third-order valence-electron chi connectivity index (χ3n) is 14.6. The summed E-state index contributed by atoms with van der Waals surface area (Å²) in [5, 5.41) is 0. The van der Waals surface area contributed by atoms with Crippen LogP contribution in [0.3, 0.4) is 0 Å². The predicted molar refractivity (Wildman–Crippen MR) is 308 cm³/mol. The van der Waals surface area contributed by atoms with Gasteiger partial charge in [0.2, 0.25) is 0 Å². The first-order valence-electron chi connectivity index (χ1n) is 31.8. The van der Waals surface area contributed by atoms with Crippen molar-refractivity contribution in [1.82, 2.24) is 0 Å². The van der Waals surface area contributed by atoms with Crippen molar-refractivity contribution in [2.45, 2.75) is 341 Å². The number of phosphoric acid groups is 1. The SMILES string of the molecule is CCCCCCCCCCCCCCCCCCCCCCCCCCCCCCCCCCCCCCCCCC(=O)OC(COC(=O)CCCCCCCCCCC)COP(=O)(O)OCC[N+](C)(C)C. The Bertz CT molecular complexity index is 1180. The lowest BCUT2D eigenvalue weighted by atomic mass is 10.0. The van der Waals surface area contributed by atoms with Gasteiger partial charge in [-0.15, -0.1) is 0 Å². The molecule has 2 atom stereocenters. The zero-order valence-corrected chi connectivity index (χ0v) is 49.9. The van der Waals surface area contributed by atoms with Crippen molar-refractivity contribution in [1.29, 1.82) is 0 Å². The van der Waals surface area contributed by atoms with Crippen molar-refractivity contribution in [3.05, 3.63) is 0 Å². The Morgan fingerprint density at radius 3 is 0.889 bits per heavy atom. The Morgan fingerprint density at radius 1 is 0.375 bits per heavy atom. The molecule has 0 aliphatic heterocycles. The number of nitrogens with zero attached hydrogens (tertiary/aromatic N) is 1. The lowest BCUT2D eigenvalue weighted by Gasteiger charge is -2.24. The van der Waals surface area contributed by atoms with E-state index in [-0.39, 0.29) is 25.6 Å². The molecule has 1 N–H and O–H groups in total. The molecule has 0 saturated carbocycles. The number of rotatable bonds is 60. The molecule has 0 aromatic heterocycles. The molecule has 0 rings (SSSR count). The van der Waals surface area contributed by atoms with Crippen LogP contribution < -0.4 is 0 Å². The minimum atomic E-state index is -4.37. The molecule has 0 bridgehead atoms. The Labute approximate surface area is 448 Å². The first-order valence-corrected chi connectivity index (χ1v) is 33.3. The molecular formula is C62H125NO8P+. The summed E-state index contributed by atoms with van der Waals surface area (Å²) in [6, 6.07) is 0. The van der Waals surface area contributed by atoms with Gasteiger partial charge in [0.05, 0.1) is 27.7 Å². The monoisotopic (exact) mass is 1040 g/mol. The molecule has 0 radical (unpaired) electrons.